The molecule has 0 bridgehead atoms. The van der Waals surface area contributed by atoms with Crippen molar-refractivity contribution < 1.29 is 9.72 Å². The molecule has 0 radical (unpaired) electrons. The lowest BCUT2D eigenvalue weighted by Crippen LogP contribution is -2.35. The highest BCUT2D eigenvalue weighted by molar-refractivity contribution is 7.15. The van der Waals surface area contributed by atoms with E-state index in [2.05, 4.69) is 9.98 Å². The maximum absolute atomic E-state index is 11.5. The summed E-state index contributed by atoms with van der Waals surface area (Å²) in [6.07, 6.45) is 1.54. The highest BCUT2D eigenvalue weighted by Gasteiger charge is 2.29. The summed E-state index contributed by atoms with van der Waals surface area (Å²) in [5, 5.41) is 10.4. The molecular formula is C8H7ClN4O3S. The first-order valence-electron chi connectivity index (χ1n) is 4.62. The molecule has 0 fully saturated rings. The summed E-state index contributed by atoms with van der Waals surface area (Å²) >= 11 is 6.90. The Bertz CT molecular complexity index is 501. The van der Waals surface area contributed by atoms with Crippen molar-refractivity contribution in [2.24, 2.45) is 4.99 Å². The van der Waals surface area contributed by atoms with Crippen LogP contribution in [0.25, 0.3) is 0 Å². The fourth-order valence-electron chi connectivity index (χ4n) is 1.42. The number of hydrogen-bond donors (Lipinski definition) is 0. The van der Waals surface area contributed by atoms with E-state index in [1.54, 1.807) is 6.20 Å². The second-order valence-electron chi connectivity index (χ2n) is 3.28. The summed E-state index contributed by atoms with van der Waals surface area (Å²) < 4.78 is 0.374. The molecule has 0 aliphatic carbocycles. The van der Waals surface area contributed by atoms with Crippen LogP contribution in [0, 0.1) is 10.1 Å². The minimum absolute atomic E-state index is 0.0320. The number of rotatable bonds is 4. The average molecular weight is 275 g/mol. The van der Waals surface area contributed by atoms with Crippen molar-refractivity contribution >= 4 is 34.7 Å². The van der Waals surface area contributed by atoms with Crippen molar-refractivity contribution in [2.75, 3.05) is 13.1 Å². The minimum atomic E-state index is -0.510. The summed E-state index contributed by atoms with van der Waals surface area (Å²) in [6, 6.07) is 0. The van der Waals surface area contributed by atoms with Crippen LogP contribution in [0.1, 0.15) is 4.88 Å². The Morgan fingerprint density at radius 1 is 1.65 bits per heavy atom. The van der Waals surface area contributed by atoms with Gasteiger partial charge in [0.25, 0.3) is 6.54 Å². The van der Waals surface area contributed by atoms with Crippen molar-refractivity contribution in [1.82, 2.24) is 9.88 Å². The molecule has 1 aliphatic rings. The van der Waals surface area contributed by atoms with Crippen LogP contribution in [0.3, 0.4) is 0 Å². The van der Waals surface area contributed by atoms with Gasteiger partial charge in [-0.25, -0.2) is 4.98 Å². The fraction of sp³-hybridized carbons (Fsp3) is 0.375. The highest BCUT2D eigenvalue weighted by atomic mass is 35.5. The summed E-state index contributed by atoms with van der Waals surface area (Å²) in [5.74, 6) is -0.0594. The summed E-state index contributed by atoms with van der Waals surface area (Å²) in [6.45, 7) is -0.246. The Labute approximate surface area is 105 Å². The number of carbonyl (C=O) groups is 1. The summed E-state index contributed by atoms with van der Waals surface area (Å²) in [5.41, 5.74) is 0. The SMILES string of the molecule is O=C1CN=C(C[N+](=O)[O-])N1Cc1cnc(Cl)s1. The van der Waals surface area contributed by atoms with Gasteiger partial charge in [0.15, 0.2) is 10.3 Å². The second-order valence-corrected chi connectivity index (χ2v) is 4.98. The zero-order chi connectivity index (χ0) is 12.4. The standard InChI is InChI=1S/C8H7ClN4O3S/c9-8-11-1-5(17-8)3-12-6(4-13(15)16)10-2-7(12)14/h1H,2-4H2. The van der Waals surface area contributed by atoms with E-state index < -0.39 is 11.5 Å². The van der Waals surface area contributed by atoms with Gasteiger partial charge in [-0.3, -0.25) is 24.8 Å². The topological polar surface area (TPSA) is 88.7 Å². The lowest BCUT2D eigenvalue weighted by atomic mass is 10.4. The Balaban J connectivity index is 2.10. The fourth-order valence-corrected chi connectivity index (χ4v) is 2.38. The van der Waals surface area contributed by atoms with Crippen LogP contribution in [0.5, 0.6) is 0 Å². The third-order valence-corrected chi connectivity index (χ3v) is 3.22. The van der Waals surface area contributed by atoms with E-state index in [9.17, 15) is 14.9 Å². The number of nitrogens with zero attached hydrogens (tertiary/aromatic N) is 4. The molecule has 90 valence electrons. The molecule has 0 unspecified atom stereocenters. The van der Waals surface area contributed by atoms with Crippen LogP contribution in [0.4, 0.5) is 0 Å². The molecule has 1 amide bonds. The van der Waals surface area contributed by atoms with Gasteiger partial charge in [0.05, 0.1) is 6.54 Å². The molecule has 7 nitrogen and oxygen atoms in total. The van der Waals surface area contributed by atoms with E-state index in [0.29, 0.717) is 4.47 Å². The van der Waals surface area contributed by atoms with Gasteiger partial charge < -0.3 is 0 Å². The molecule has 0 atom stereocenters. The number of aromatic nitrogens is 1. The van der Waals surface area contributed by atoms with Crippen LogP contribution < -0.4 is 0 Å². The zero-order valence-electron chi connectivity index (χ0n) is 8.50. The monoisotopic (exact) mass is 274 g/mol. The van der Waals surface area contributed by atoms with Gasteiger partial charge in [-0.15, -0.1) is 11.3 Å². The van der Waals surface area contributed by atoms with Crippen molar-refractivity contribution in [1.29, 1.82) is 0 Å². The predicted molar refractivity (Wildman–Crippen MR) is 61.8 cm³/mol. The van der Waals surface area contributed by atoms with E-state index >= 15 is 0 Å². The lowest BCUT2D eigenvalue weighted by Gasteiger charge is -2.14. The lowest BCUT2D eigenvalue weighted by molar-refractivity contribution is -0.464. The molecule has 0 saturated heterocycles. The van der Waals surface area contributed by atoms with Gasteiger partial charge in [-0.05, 0) is 0 Å². The molecule has 0 saturated carbocycles. The molecule has 2 heterocycles. The van der Waals surface area contributed by atoms with Gasteiger partial charge in [0, 0.05) is 16.0 Å². The van der Waals surface area contributed by atoms with Gasteiger partial charge in [0.2, 0.25) is 5.91 Å². The Morgan fingerprint density at radius 2 is 2.41 bits per heavy atom. The number of amides is 1. The van der Waals surface area contributed by atoms with Gasteiger partial charge >= 0.3 is 0 Å². The molecule has 9 heteroatoms. The molecule has 1 aromatic heterocycles. The Kier molecular flexibility index (Phi) is 3.34. The number of aliphatic imine (C=N–C) groups is 1. The smallest absolute Gasteiger partial charge is 0.260 e. The van der Waals surface area contributed by atoms with Crippen molar-refractivity contribution in [3.8, 4) is 0 Å². The van der Waals surface area contributed by atoms with E-state index in [-0.39, 0.29) is 24.8 Å². The Hall–Kier alpha value is -1.54. The molecule has 1 aromatic rings. The minimum Gasteiger partial charge on any atom is -0.288 e. The van der Waals surface area contributed by atoms with E-state index in [4.69, 9.17) is 11.6 Å². The van der Waals surface area contributed by atoms with Crippen molar-refractivity contribution in [3.05, 3.63) is 25.7 Å². The number of carbonyl (C=O) groups excluding carboxylic acids is 1. The zero-order valence-corrected chi connectivity index (χ0v) is 10.1. The number of amidine groups is 1. The first-order valence-corrected chi connectivity index (χ1v) is 5.81. The molecule has 2 rings (SSSR count). The number of nitro groups is 1. The van der Waals surface area contributed by atoms with Crippen molar-refractivity contribution in [3.63, 3.8) is 0 Å². The van der Waals surface area contributed by atoms with Crippen LogP contribution in [-0.4, -0.2) is 39.6 Å². The number of thiazole rings is 1. The van der Waals surface area contributed by atoms with Crippen LogP contribution in [-0.2, 0) is 11.3 Å². The third kappa shape index (κ3) is 2.77. The van der Waals surface area contributed by atoms with Crippen molar-refractivity contribution in [2.45, 2.75) is 6.54 Å². The molecule has 17 heavy (non-hydrogen) atoms. The first kappa shape index (κ1) is 11.9. The molecule has 1 aliphatic heterocycles. The van der Waals surface area contributed by atoms with Gasteiger partial charge in [-0.2, -0.15) is 0 Å². The maximum atomic E-state index is 11.5. The van der Waals surface area contributed by atoms with Crippen LogP contribution in [0.15, 0.2) is 11.2 Å². The van der Waals surface area contributed by atoms with E-state index in [0.717, 1.165) is 4.88 Å². The summed E-state index contributed by atoms with van der Waals surface area (Å²) in [4.78, 5) is 31.2. The van der Waals surface area contributed by atoms with E-state index in [1.165, 1.54) is 16.2 Å². The highest BCUT2D eigenvalue weighted by Crippen LogP contribution is 2.20. The van der Waals surface area contributed by atoms with Gasteiger partial charge in [-0.1, -0.05) is 11.6 Å². The third-order valence-electron chi connectivity index (χ3n) is 2.12. The number of hydrogen-bond acceptors (Lipinski definition) is 6. The molecule has 0 spiro atoms. The molecular weight excluding hydrogens is 268 g/mol. The first-order chi connectivity index (χ1) is 8.06. The van der Waals surface area contributed by atoms with Gasteiger partial charge in [0.1, 0.15) is 6.54 Å². The largest absolute Gasteiger partial charge is 0.288 e. The maximum Gasteiger partial charge on any atom is 0.260 e. The molecule has 0 aromatic carbocycles. The second kappa shape index (κ2) is 4.76. The molecule has 0 N–H and O–H groups in total. The summed E-state index contributed by atoms with van der Waals surface area (Å²) in [7, 11) is 0. The predicted octanol–water partition coefficient (Wildman–Crippen LogP) is 0.814. The van der Waals surface area contributed by atoms with Crippen LogP contribution in [0.2, 0.25) is 4.47 Å². The van der Waals surface area contributed by atoms with Crippen LogP contribution >= 0.6 is 22.9 Å². The average Bonchev–Trinajstić information content (AvgIpc) is 2.78. The van der Waals surface area contributed by atoms with E-state index in [1.807, 2.05) is 0 Å². The normalized spacial score (nSPS) is 15.2. The number of halogens is 1. The quantitative estimate of drug-likeness (QED) is 0.600. The Morgan fingerprint density at radius 3 is 3.00 bits per heavy atom.